The van der Waals surface area contributed by atoms with Gasteiger partial charge in [-0.05, 0) is 38.2 Å². The van der Waals surface area contributed by atoms with E-state index in [2.05, 4.69) is 28.9 Å². The predicted molar refractivity (Wildman–Crippen MR) is 89.8 cm³/mol. The van der Waals surface area contributed by atoms with Crippen LogP contribution in [0.3, 0.4) is 0 Å². The quantitative estimate of drug-likeness (QED) is 0.517. The first-order valence-electron chi connectivity index (χ1n) is 8.38. The minimum Gasteiger partial charge on any atom is -0.463 e. The van der Waals surface area contributed by atoms with Crippen LogP contribution in [-0.2, 0) is 20.7 Å². The molecular weight excluding hydrogens is 308 g/mol. The molecule has 132 valence electrons. The number of carbonyl (C=O) groups excluding carboxylic acids is 1. The van der Waals surface area contributed by atoms with Crippen molar-refractivity contribution < 1.29 is 14.3 Å². The molecule has 0 N–H and O–H groups in total. The number of hydrogen-bond acceptors (Lipinski definition) is 6. The SMILES string of the molecule is Cc1nc2ncnn2c(C)c1CCC(=O)OCCOCCC(C)C. The number of fused-ring (bicyclic) bond motifs is 1. The summed E-state index contributed by atoms with van der Waals surface area (Å²) in [6.07, 6.45) is 3.39. The Morgan fingerprint density at radius 2 is 2.04 bits per heavy atom. The highest BCUT2D eigenvalue weighted by molar-refractivity contribution is 5.69. The zero-order valence-corrected chi connectivity index (χ0v) is 14.9. The Morgan fingerprint density at radius 1 is 1.25 bits per heavy atom. The molecule has 0 aliphatic rings. The van der Waals surface area contributed by atoms with Crippen LogP contribution in [0.5, 0.6) is 0 Å². The number of hydrogen-bond donors (Lipinski definition) is 0. The second-order valence-corrected chi connectivity index (χ2v) is 6.25. The average molecular weight is 334 g/mol. The Labute approximate surface area is 142 Å². The molecular formula is C17H26N4O3. The number of carbonyl (C=O) groups is 1. The highest BCUT2D eigenvalue weighted by atomic mass is 16.6. The first-order chi connectivity index (χ1) is 11.5. The molecule has 0 unspecified atom stereocenters. The summed E-state index contributed by atoms with van der Waals surface area (Å²) in [5.74, 6) is 0.977. The zero-order chi connectivity index (χ0) is 17.5. The minimum atomic E-state index is -0.222. The van der Waals surface area contributed by atoms with Gasteiger partial charge in [0.2, 0.25) is 0 Å². The summed E-state index contributed by atoms with van der Waals surface area (Å²) >= 11 is 0. The van der Waals surface area contributed by atoms with Crippen LogP contribution >= 0.6 is 0 Å². The lowest BCUT2D eigenvalue weighted by Gasteiger charge is -2.10. The molecule has 2 heterocycles. The number of aromatic nitrogens is 4. The lowest BCUT2D eigenvalue weighted by molar-refractivity contribution is -0.145. The van der Waals surface area contributed by atoms with Gasteiger partial charge in [0.15, 0.2) is 0 Å². The van der Waals surface area contributed by atoms with Gasteiger partial charge in [0.25, 0.3) is 5.78 Å². The second-order valence-electron chi connectivity index (χ2n) is 6.25. The van der Waals surface area contributed by atoms with Gasteiger partial charge in [-0.25, -0.2) is 9.50 Å². The molecule has 2 rings (SSSR count). The molecule has 0 fully saturated rings. The number of aryl methyl sites for hydroxylation is 2. The molecule has 0 aliphatic carbocycles. The van der Waals surface area contributed by atoms with Gasteiger partial charge >= 0.3 is 5.97 Å². The Bertz CT molecular complexity index is 682. The molecule has 0 aliphatic heterocycles. The smallest absolute Gasteiger partial charge is 0.306 e. The normalized spacial score (nSPS) is 11.4. The third kappa shape index (κ3) is 4.99. The fourth-order valence-electron chi connectivity index (χ4n) is 2.45. The highest BCUT2D eigenvalue weighted by Crippen LogP contribution is 2.15. The van der Waals surface area contributed by atoms with E-state index in [0.717, 1.165) is 23.4 Å². The summed E-state index contributed by atoms with van der Waals surface area (Å²) in [6.45, 7) is 9.64. The van der Waals surface area contributed by atoms with Crippen molar-refractivity contribution >= 4 is 11.7 Å². The van der Waals surface area contributed by atoms with E-state index in [4.69, 9.17) is 9.47 Å². The lowest BCUT2D eigenvalue weighted by Crippen LogP contribution is -2.13. The fraction of sp³-hybridized carbons (Fsp3) is 0.647. The van der Waals surface area contributed by atoms with Gasteiger partial charge in [0.05, 0.1) is 6.61 Å². The summed E-state index contributed by atoms with van der Waals surface area (Å²) in [6, 6.07) is 0. The van der Waals surface area contributed by atoms with E-state index in [-0.39, 0.29) is 5.97 Å². The molecule has 0 spiro atoms. The van der Waals surface area contributed by atoms with Gasteiger partial charge in [-0.2, -0.15) is 10.1 Å². The molecule has 0 amide bonds. The fourth-order valence-corrected chi connectivity index (χ4v) is 2.45. The summed E-state index contributed by atoms with van der Waals surface area (Å²) in [5.41, 5.74) is 2.84. The van der Waals surface area contributed by atoms with Crippen molar-refractivity contribution in [2.75, 3.05) is 19.8 Å². The molecule has 7 heteroatoms. The molecule has 2 aromatic rings. The molecule has 7 nitrogen and oxygen atoms in total. The Balaban J connectivity index is 1.76. The van der Waals surface area contributed by atoms with E-state index in [1.54, 1.807) is 4.52 Å². The van der Waals surface area contributed by atoms with Crippen LogP contribution in [0.1, 0.15) is 43.6 Å². The zero-order valence-electron chi connectivity index (χ0n) is 14.9. The minimum absolute atomic E-state index is 0.222. The molecule has 0 atom stereocenters. The molecule has 2 aromatic heterocycles. The molecule has 0 radical (unpaired) electrons. The van der Waals surface area contributed by atoms with E-state index in [9.17, 15) is 4.79 Å². The van der Waals surface area contributed by atoms with Crippen LogP contribution in [0.4, 0.5) is 0 Å². The van der Waals surface area contributed by atoms with Crippen molar-refractivity contribution in [2.24, 2.45) is 5.92 Å². The summed E-state index contributed by atoms with van der Waals surface area (Å²) in [4.78, 5) is 20.3. The van der Waals surface area contributed by atoms with Crippen LogP contribution in [0, 0.1) is 19.8 Å². The van der Waals surface area contributed by atoms with Gasteiger partial charge in [0, 0.05) is 24.4 Å². The standard InChI is InChI=1S/C17H26N4O3/c1-12(2)7-8-23-9-10-24-16(22)6-5-15-13(3)20-17-18-11-19-21(17)14(15)4/h11-12H,5-10H2,1-4H3. The Hall–Kier alpha value is -2.02. The van der Waals surface area contributed by atoms with Gasteiger partial charge in [-0.3, -0.25) is 4.79 Å². The lowest BCUT2D eigenvalue weighted by atomic mass is 10.1. The van der Waals surface area contributed by atoms with Crippen molar-refractivity contribution in [2.45, 2.75) is 47.0 Å². The molecule has 0 saturated carbocycles. The van der Waals surface area contributed by atoms with Crippen LogP contribution in [0.2, 0.25) is 0 Å². The molecule has 0 bridgehead atoms. The summed E-state index contributed by atoms with van der Waals surface area (Å²) < 4.78 is 12.3. The number of nitrogens with zero attached hydrogens (tertiary/aromatic N) is 4. The summed E-state index contributed by atoms with van der Waals surface area (Å²) in [7, 11) is 0. The van der Waals surface area contributed by atoms with Crippen molar-refractivity contribution in [3.63, 3.8) is 0 Å². The monoisotopic (exact) mass is 334 g/mol. The number of rotatable bonds is 9. The van der Waals surface area contributed by atoms with E-state index in [0.29, 0.717) is 44.4 Å². The Morgan fingerprint density at radius 3 is 2.79 bits per heavy atom. The average Bonchev–Trinajstić information content (AvgIpc) is 2.98. The van der Waals surface area contributed by atoms with Gasteiger partial charge in [-0.15, -0.1) is 0 Å². The maximum atomic E-state index is 11.9. The van der Waals surface area contributed by atoms with Gasteiger partial charge in [-0.1, -0.05) is 13.8 Å². The first kappa shape index (κ1) is 18.3. The van der Waals surface area contributed by atoms with Gasteiger partial charge < -0.3 is 9.47 Å². The summed E-state index contributed by atoms with van der Waals surface area (Å²) in [5, 5.41) is 4.15. The van der Waals surface area contributed by atoms with Crippen molar-refractivity contribution in [3.8, 4) is 0 Å². The second kappa shape index (κ2) is 8.73. The first-order valence-corrected chi connectivity index (χ1v) is 8.38. The molecule has 0 saturated heterocycles. The van der Waals surface area contributed by atoms with Crippen LogP contribution in [0.25, 0.3) is 5.78 Å². The number of esters is 1. The molecule has 0 aromatic carbocycles. The largest absolute Gasteiger partial charge is 0.463 e. The highest BCUT2D eigenvalue weighted by Gasteiger charge is 2.13. The van der Waals surface area contributed by atoms with E-state index in [1.807, 2.05) is 13.8 Å². The maximum Gasteiger partial charge on any atom is 0.306 e. The van der Waals surface area contributed by atoms with Crippen molar-refractivity contribution in [1.29, 1.82) is 0 Å². The van der Waals surface area contributed by atoms with Crippen molar-refractivity contribution in [1.82, 2.24) is 19.6 Å². The topological polar surface area (TPSA) is 78.6 Å². The van der Waals surface area contributed by atoms with Crippen LogP contribution in [-0.4, -0.2) is 45.4 Å². The van der Waals surface area contributed by atoms with E-state index >= 15 is 0 Å². The third-order valence-corrected chi connectivity index (χ3v) is 3.90. The van der Waals surface area contributed by atoms with Crippen LogP contribution < -0.4 is 0 Å². The van der Waals surface area contributed by atoms with Crippen molar-refractivity contribution in [3.05, 3.63) is 23.3 Å². The third-order valence-electron chi connectivity index (χ3n) is 3.90. The van der Waals surface area contributed by atoms with E-state index in [1.165, 1.54) is 6.33 Å². The Kier molecular flexibility index (Phi) is 6.66. The predicted octanol–water partition coefficient (Wildman–Crippen LogP) is 2.28. The van der Waals surface area contributed by atoms with E-state index < -0.39 is 0 Å². The number of ether oxygens (including phenoxy) is 2. The molecule has 24 heavy (non-hydrogen) atoms. The van der Waals surface area contributed by atoms with Crippen LogP contribution in [0.15, 0.2) is 6.33 Å². The van der Waals surface area contributed by atoms with Gasteiger partial charge in [0.1, 0.15) is 12.9 Å². The maximum absolute atomic E-state index is 11.9.